The van der Waals surface area contributed by atoms with E-state index in [1.54, 1.807) is 43.5 Å². The second kappa shape index (κ2) is 8.04. The Kier molecular flexibility index (Phi) is 5.56. The number of methoxy groups -OCH3 is 1. The van der Waals surface area contributed by atoms with Gasteiger partial charge in [-0.05, 0) is 49.1 Å². The molecule has 1 saturated heterocycles. The molecule has 0 aliphatic carbocycles. The molecule has 2 aromatic rings. The lowest BCUT2D eigenvalue weighted by atomic mass is 9.99. The highest BCUT2D eigenvalue weighted by atomic mass is 16.5. The third kappa shape index (κ3) is 4.04. The Morgan fingerprint density at radius 1 is 1.12 bits per heavy atom. The summed E-state index contributed by atoms with van der Waals surface area (Å²) in [5.74, 6) is 0.833. The molecule has 1 aliphatic heterocycles. The normalized spacial score (nSPS) is 16.8. The fraction of sp³-hybridized carbons (Fsp3) is 0.333. The summed E-state index contributed by atoms with van der Waals surface area (Å²) in [5.41, 5.74) is 1.60. The number of nitrogens with zero attached hydrogens (tertiary/aromatic N) is 1. The molecule has 136 valence electrons. The summed E-state index contributed by atoms with van der Waals surface area (Å²) in [5, 5.41) is 2.84. The summed E-state index contributed by atoms with van der Waals surface area (Å²) < 4.78 is 5.26. The number of carbonyl (C=O) groups excluding carboxylic acids is 2. The van der Waals surface area contributed by atoms with Crippen LogP contribution >= 0.6 is 0 Å². The third-order valence-corrected chi connectivity index (χ3v) is 4.67. The number of anilines is 1. The van der Waals surface area contributed by atoms with Crippen LogP contribution in [-0.2, 0) is 0 Å². The molecule has 5 nitrogen and oxygen atoms in total. The summed E-state index contributed by atoms with van der Waals surface area (Å²) in [4.78, 5) is 27.2. The van der Waals surface area contributed by atoms with Crippen LogP contribution in [0.25, 0.3) is 0 Å². The van der Waals surface area contributed by atoms with E-state index in [0.29, 0.717) is 28.5 Å². The number of piperidine rings is 1. The number of para-hydroxylation sites is 2. The van der Waals surface area contributed by atoms with Crippen LogP contribution in [0.2, 0.25) is 0 Å². The van der Waals surface area contributed by atoms with Crippen LogP contribution in [0.15, 0.2) is 48.5 Å². The van der Waals surface area contributed by atoms with Crippen molar-refractivity contribution >= 4 is 17.5 Å². The number of nitrogens with one attached hydrogen (secondary N) is 1. The van der Waals surface area contributed by atoms with Gasteiger partial charge in [-0.25, -0.2) is 0 Å². The minimum Gasteiger partial charge on any atom is -0.495 e. The van der Waals surface area contributed by atoms with Crippen LogP contribution in [0.4, 0.5) is 5.69 Å². The second-order valence-electron chi connectivity index (χ2n) is 6.73. The fourth-order valence-corrected chi connectivity index (χ4v) is 3.29. The number of rotatable bonds is 4. The van der Waals surface area contributed by atoms with E-state index in [4.69, 9.17) is 4.74 Å². The zero-order valence-electron chi connectivity index (χ0n) is 15.2. The predicted octanol–water partition coefficient (Wildman–Crippen LogP) is 3.82. The summed E-state index contributed by atoms with van der Waals surface area (Å²) in [6.07, 6.45) is 2.19. The van der Waals surface area contributed by atoms with Gasteiger partial charge in [0.2, 0.25) is 0 Å². The van der Waals surface area contributed by atoms with Crippen molar-refractivity contribution in [3.05, 3.63) is 59.7 Å². The van der Waals surface area contributed by atoms with Gasteiger partial charge in [-0.1, -0.05) is 25.1 Å². The van der Waals surface area contributed by atoms with E-state index >= 15 is 0 Å². The zero-order valence-corrected chi connectivity index (χ0v) is 15.2. The van der Waals surface area contributed by atoms with Crippen LogP contribution in [-0.4, -0.2) is 36.9 Å². The van der Waals surface area contributed by atoms with Crippen molar-refractivity contribution in [2.75, 3.05) is 25.5 Å². The van der Waals surface area contributed by atoms with Crippen molar-refractivity contribution in [2.24, 2.45) is 5.92 Å². The van der Waals surface area contributed by atoms with Gasteiger partial charge in [0.05, 0.1) is 12.8 Å². The van der Waals surface area contributed by atoms with Gasteiger partial charge in [-0.3, -0.25) is 9.59 Å². The van der Waals surface area contributed by atoms with Gasteiger partial charge in [-0.2, -0.15) is 0 Å². The average Bonchev–Trinajstić information content (AvgIpc) is 2.68. The molecular formula is C21H24N2O3. The third-order valence-electron chi connectivity index (χ3n) is 4.67. The maximum atomic E-state index is 12.8. The fourth-order valence-electron chi connectivity index (χ4n) is 3.29. The number of amides is 2. The molecule has 0 radical (unpaired) electrons. The highest BCUT2D eigenvalue weighted by Gasteiger charge is 2.22. The number of carbonyl (C=O) groups is 2. The first-order chi connectivity index (χ1) is 12.6. The van der Waals surface area contributed by atoms with Crippen molar-refractivity contribution in [3.63, 3.8) is 0 Å². The molecule has 0 bridgehead atoms. The lowest BCUT2D eigenvalue weighted by Gasteiger charge is -2.31. The molecule has 1 unspecified atom stereocenters. The van der Waals surface area contributed by atoms with E-state index in [-0.39, 0.29) is 11.8 Å². The molecular weight excluding hydrogens is 328 g/mol. The molecule has 2 amide bonds. The van der Waals surface area contributed by atoms with Gasteiger partial charge in [0.1, 0.15) is 5.75 Å². The lowest BCUT2D eigenvalue weighted by Crippen LogP contribution is -2.39. The Balaban J connectivity index is 1.76. The highest BCUT2D eigenvalue weighted by Crippen LogP contribution is 2.24. The van der Waals surface area contributed by atoms with Crippen LogP contribution in [0.1, 0.15) is 40.5 Å². The molecule has 1 heterocycles. The number of ether oxygens (including phenoxy) is 1. The van der Waals surface area contributed by atoms with Crippen molar-refractivity contribution < 1.29 is 14.3 Å². The highest BCUT2D eigenvalue weighted by molar-refractivity contribution is 6.06. The Labute approximate surface area is 154 Å². The second-order valence-corrected chi connectivity index (χ2v) is 6.73. The van der Waals surface area contributed by atoms with E-state index in [9.17, 15) is 9.59 Å². The van der Waals surface area contributed by atoms with E-state index in [1.807, 2.05) is 17.0 Å². The van der Waals surface area contributed by atoms with Gasteiger partial charge < -0.3 is 15.0 Å². The maximum Gasteiger partial charge on any atom is 0.255 e. The monoisotopic (exact) mass is 352 g/mol. The molecule has 0 aromatic heterocycles. The molecule has 1 atom stereocenters. The topological polar surface area (TPSA) is 58.6 Å². The first-order valence-electron chi connectivity index (χ1n) is 8.92. The largest absolute Gasteiger partial charge is 0.495 e. The average molecular weight is 352 g/mol. The molecule has 1 N–H and O–H groups in total. The Hall–Kier alpha value is -2.82. The maximum absolute atomic E-state index is 12.8. The molecule has 1 aliphatic rings. The standard InChI is InChI=1S/C21H24N2O3/c1-15-7-6-12-23(14-15)21(25)17-9-5-8-16(13-17)20(24)22-18-10-3-4-11-19(18)26-2/h3-5,8-11,13,15H,6-7,12,14H2,1-2H3,(H,22,24). The Morgan fingerprint density at radius 3 is 2.65 bits per heavy atom. The molecule has 2 aromatic carbocycles. The first-order valence-corrected chi connectivity index (χ1v) is 8.92. The Morgan fingerprint density at radius 2 is 1.88 bits per heavy atom. The first kappa shape index (κ1) is 18.0. The van der Waals surface area contributed by atoms with Crippen molar-refractivity contribution in [2.45, 2.75) is 19.8 Å². The summed E-state index contributed by atoms with van der Waals surface area (Å²) >= 11 is 0. The van der Waals surface area contributed by atoms with Crippen LogP contribution < -0.4 is 10.1 Å². The molecule has 0 spiro atoms. The van der Waals surface area contributed by atoms with Crippen LogP contribution in [0.5, 0.6) is 5.75 Å². The predicted molar refractivity (Wildman–Crippen MR) is 102 cm³/mol. The molecule has 1 fully saturated rings. The molecule has 5 heteroatoms. The van der Waals surface area contributed by atoms with Crippen molar-refractivity contribution in [3.8, 4) is 5.75 Å². The van der Waals surface area contributed by atoms with Gasteiger partial charge in [0, 0.05) is 24.2 Å². The van der Waals surface area contributed by atoms with Gasteiger partial charge >= 0.3 is 0 Å². The van der Waals surface area contributed by atoms with Gasteiger partial charge in [-0.15, -0.1) is 0 Å². The smallest absolute Gasteiger partial charge is 0.255 e. The van der Waals surface area contributed by atoms with Crippen molar-refractivity contribution in [1.29, 1.82) is 0 Å². The molecule has 26 heavy (non-hydrogen) atoms. The summed E-state index contributed by atoms with van der Waals surface area (Å²) in [6.45, 7) is 3.72. The minimum atomic E-state index is -0.267. The minimum absolute atomic E-state index is 0.0107. The van der Waals surface area contributed by atoms with Gasteiger partial charge in [0.15, 0.2) is 0 Å². The SMILES string of the molecule is COc1ccccc1NC(=O)c1cccc(C(=O)N2CCCC(C)C2)c1. The van der Waals surface area contributed by atoms with Crippen LogP contribution in [0, 0.1) is 5.92 Å². The molecule has 0 saturated carbocycles. The van der Waals surface area contributed by atoms with Crippen molar-refractivity contribution in [1.82, 2.24) is 4.90 Å². The molecule has 3 rings (SSSR count). The van der Waals surface area contributed by atoms with Crippen LogP contribution in [0.3, 0.4) is 0 Å². The zero-order chi connectivity index (χ0) is 18.5. The van der Waals surface area contributed by atoms with Gasteiger partial charge in [0.25, 0.3) is 11.8 Å². The van der Waals surface area contributed by atoms with E-state index in [1.165, 1.54) is 0 Å². The van der Waals surface area contributed by atoms with E-state index in [0.717, 1.165) is 25.9 Å². The number of likely N-dealkylation sites (tertiary alicyclic amines) is 1. The van der Waals surface area contributed by atoms with E-state index < -0.39 is 0 Å². The van der Waals surface area contributed by atoms with E-state index in [2.05, 4.69) is 12.2 Å². The lowest BCUT2D eigenvalue weighted by molar-refractivity contribution is 0.0683. The summed E-state index contributed by atoms with van der Waals surface area (Å²) in [6, 6.07) is 14.1. The number of hydrogen-bond donors (Lipinski definition) is 1. The number of benzene rings is 2. The Bertz CT molecular complexity index is 803. The summed E-state index contributed by atoms with van der Waals surface area (Å²) in [7, 11) is 1.56. The number of hydrogen-bond acceptors (Lipinski definition) is 3. The quantitative estimate of drug-likeness (QED) is 0.910.